The quantitative estimate of drug-likeness (QED) is 0.175. The average Bonchev–Trinajstić information content (AvgIpc) is 3.85. The van der Waals surface area contributed by atoms with Gasteiger partial charge in [-0.2, -0.15) is 0 Å². The number of hydrogen-bond donors (Lipinski definition) is 1. The summed E-state index contributed by atoms with van der Waals surface area (Å²) < 4.78 is 5.09. The molecule has 13 rings (SSSR count). The lowest BCUT2D eigenvalue weighted by Gasteiger charge is -2.29. The second-order valence-electron chi connectivity index (χ2n) is 15.5. The van der Waals surface area contributed by atoms with Crippen LogP contribution in [-0.4, -0.2) is 16.6 Å². The van der Waals surface area contributed by atoms with E-state index in [-0.39, 0.29) is 6.04 Å². The van der Waals surface area contributed by atoms with Gasteiger partial charge < -0.3 is 5.32 Å². The van der Waals surface area contributed by atoms with Gasteiger partial charge in [-0.3, -0.25) is 4.57 Å². The Labute approximate surface area is 337 Å². The summed E-state index contributed by atoms with van der Waals surface area (Å²) in [5.41, 5.74) is 8.07. The molecule has 1 unspecified atom stereocenters. The Bertz CT molecular complexity index is 3710. The highest BCUT2D eigenvalue weighted by atomic mass is 32.1. The van der Waals surface area contributed by atoms with Crippen LogP contribution in [0.25, 0.3) is 102 Å². The third kappa shape index (κ3) is 4.46. The molecule has 1 N–H and O–H groups in total. The number of thiophene rings is 1. The SMILES string of the molecule is C1=CC2=C(c3ccccc3)N=C(n3c4c5ccccc5ccc4c4c5c6ccccc6c(-c6ccc7sc8ccccc8c7c6)cc5c5ccccc5c43)NC2C=C1. The minimum absolute atomic E-state index is 0.0250. The zero-order chi connectivity index (χ0) is 37.9. The third-order valence-corrected chi connectivity index (χ3v) is 13.5. The summed E-state index contributed by atoms with van der Waals surface area (Å²) in [6, 6.07) is 60.3. The molecule has 0 bridgehead atoms. The summed E-state index contributed by atoms with van der Waals surface area (Å²) in [4.78, 5) is 5.59. The van der Waals surface area contributed by atoms with Crippen LogP contribution in [0.3, 0.4) is 0 Å². The standard InChI is InChI=1S/C54H33N3S/c1-2-15-33(16-3-1)51-41-23-10-12-24-46(41)55-54(56-51)57-52-35-17-5-4-14-32(35)26-28-42(52)50-49-39-21-8-6-18-36(39)43(31-45(49)37-19-7-9-22-40(37)53(50)57)34-27-29-48-44(30-34)38-20-11-13-25-47(38)58-48/h1-31,46H,(H,55,56). The van der Waals surface area contributed by atoms with E-state index in [0.717, 1.165) is 28.3 Å². The highest BCUT2D eigenvalue weighted by Crippen LogP contribution is 2.48. The number of nitrogens with zero attached hydrogens (tertiary/aromatic N) is 2. The Hall–Kier alpha value is -7.27. The third-order valence-electron chi connectivity index (χ3n) is 12.4. The Kier molecular flexibility index (Phi) is 6.66. The highest BCUT2D eigenvalue weighted by molar-refractivity contribution is 7.25. The summed E-state index contributed by atoms with van der Waals surface area (Å²) in [5, 5.41) is 18.9. The van der Waals surface area contributed by atoms with E-state index in [1.54, 1.807) is 0 Å². The van der Waals surface area contributed by atoms with Crippen molar-refractivity contribution in [2.75, 3.05) is 0 Å². The van der Waals surface area contributed by atoms with Gasteiger partial charge in [0, 0.05) is 58.2 Å². The maximum absolute atomic E-state index is 5.59. The van der Waals surface area contributed by atoms with Gasteiger partial charge in [-0.1, -0.05) is 164 Å². The first-order valence-corrected chi connectivity index (χ1v) is 20.7. The van der Waals surface area contributed by atoms with Crippen LogP contribution in [0.15, 0.2) is 199 Å². The average molecular weight is 756 g/mol. The van der Waals surface area contributed by atoms with Crippen LogP contribution in [0, 0.1) is 0 Å². The molecule has 11 aromatic rings. The molecule has 4 heteroatoms. The molecule has 3 heterocycles. The number of nitrogens with one attached hydrogen (secondary N) is 1. The zero-order valence-corrected chi connectivity index (χ0v) is 32.1. The Balaban J connectivity index is 1.20. The first kappa shape index (κ1) is 31.9. The van der Waals surface area contributed by atoms with Gasteiger partial charge in [0.25, 0.3) is 0 Å². The van der Waals surface area contributed by atoms with Gasteiger partial charge in [0.15, 0.2) is 0 Å². The molecule has 3 nitrogen and oxygen atoms in total. The number of hydrogen-bond acceptors (Lipinski definition) is 3. The van der Waals surface area contributed by atoms with Crippen LogP contribution in [0.2, 0.25) is 0 Å². The van der Waals surface area contributed by atoms with E-state index in [4.69, 9.17) is 4.99 Å². The summed E-state index contributed by atoms with van der Waals surface area (Å²) >= 11 is 1.87. The van der Waals surface area contributed by atoms with E-state index in [9.17, 15) is 0 Å². The minimum atomic E-state index is -0.0250. The van der Waals surface area contributed by atoms with Gasteiger partial charge in [-0.25, -0.2) is 4.99 Å². The lowest BCUT2D eigenvalue weighted by atomic mass is 9.88. The second kappa shape index (κ2) is 12.1. The lowest BCUT2D eigenvalue weighted by molar-refractivity contribution is 0.806. The summed E-state index contributed by atoms with van der Waals surface area (Å²) in [7, 11) is 0. The minimum Gasteiger partial charge on any atom is -0.345 e. The second-order valence-corrected chi connectivity index (χ2v) is 16.5. The molecule has 0 amide bonds. The van der Waals surface area contributed by atoms with E-state index >= 15 is 0 Å². The molecule has 2 aromatic heterocycles. The molecule has 2 aliphatic rings. The summed E-state index contributed by atoms with van der Waals surface area (Å²) in [6.45, 7) is 0. The maximum Gasteiger partial charge on any atom is 0.209 e. The smallest absolute Gasteiger partial charge is 0.209 e. The van der Waals surface area contributed by atoms with Crippen molar-refractivity contribution in [3.05, 3.63) is 199 Å². The molecule has 0 fully saturated rings. The molecule has 0 radical (unpaired) electrons. The Morgan fingerprint density at radius 2 is 1.21 bits per heavy atom. The van der Waals surface area contributed by atoms with Gasteiger partial charge in [0.1, 0.15) is 0 Å². The molecule has 0 saturated heterocycles. The molecule has 0 spiro atoms. The van der Waals surface area contributed by atoms with Crippen LogP contribution in [-0.2, 0) is 0 Å². The van der Waals surface area contributed by atoms with Gasteiger partial charge in [0.05, 0.1) is 22.8 Å². The predicted molar refractivity (Wildman–Crippen MR) is 249 cm³/mol. The van der Waals surface area contributed by atoms with Gasteiger partial charge >= 0.3 is 0 Å². The van der Waals surface area contributed by atoms with Crippen molar-refractivity contribution in [2.45, 2.75) is 6.04 Å². The Morgan fingerprint density at radius 3 is 2.09 bits per heavy atom. The maximum atomic E-state index is 5.59. The van der Waals surface area contributed by atoms with E-state index in [1.165, 1.54) is 90.7 Å². The highest BCUT2D eigenvalue weighted by Gasteiger charge is 2.29. The van der Waals surface area contributed by atoms with Gasteiger partial charge in [-0.05, 0) is 62.3 Å². The molecule has 270 valence electrons. The van der Waals surface area contributed by atoms with Gasteiger partial charge in [-0.15, -0.1) is 11.3 Å². The normalized spacial score (nSPS) is 15.4. The van der Waals surface area contributed by atoms with E-state index < -0.39 is 0 Å². The monoisotopic (exact) mass is 755 g/mol. The molecule has 58 heavy (non-hydrogen) atoms. The molecular formula is C54H33N3S. The molecule has 1 aliphatic heterocycles. The number of aromatic nitrogens is 1. The molecular weight excluding hydrogens is 723 g/mol. The van der Waals surface area contributed by atoms with Crippen molar-refractivity contribution in [3.8, 4) is 11.1 Å². The van der Waals surface area contributed by atoms with Crippen molar-refractivity contribution in [3.63, 3.8) is 0 Å². The van der Waals surface area contributed by atoms with Crippen molar-refractivity contribution >= 4 is 108 Å². The molecule has 9 aromatic carbocycles. The van der Waals surface area contributed by atoms with Crippen molar-refractivity contribution in [2.24, 2.45) is 4.99 Å². The fourth-order valence-electron chi connectivity index (χ4n) is 9.86. The largest absolute Gasteiger partial charge is 0.345 e. The van der Waals surface area contributed by atoms with E-state index in [1.807, 2.05) is 11.3 Å². The number of allylic oxidation sites excluding steroid dienone is 2. The van der Waals surface area contributed by atoms with Crippen molar-refractivity contribution in [1.29, 1.82) is 0 Å². The topological polar surface area (TPSA) is 29.3 Å². The van der Waals surface area contributed by atoms with Crippen LogP contribution in [0.4, 0.5) is 0 Å². The fraction of sp³-hybridized carbons (Fsp3) is 0.0185. The first-order chi connectivity index (χ1) is 28.8. The number of aliphatic imine (C=N–C) groups is 1. The van der Waals surface area contributed by atoms with Crippen LogP contribution < -0.4 is 5.32 Å². The molecule has 1 atom stereocenters. The van der Waals surface area contributed by atoms with E-state index in [0.29, 0.717) is 0 Å². The summed E-state index contributed by atoms with van der Waals surface area (Å²) in [5.74, 6) is 0.825. The summed E-state index contributed by atoms with van der Waals surface area (Å²) in [6.07, 6.45) is 8.70. The first-order valence-electron chi connectivity index (χ1n) is 19.9. The van der Waals surface area contributed by atoms with E-state index in [2.05, 4.69) is 198 Å². The molecule has 0 saturated carbocycles. The lowest BCUT2D eigenvalue weighted by Crippen LogP contribution is -2.42. The number of fused-ring (bicyclic) bond motifs is 16. The number of benzene rings is 9. The van der Waals surface area contributed by atoms with Crippen LogP contribution >= 0.6 is 11.3 Å². The van der Waals surface area contributed by atoms with Crippen LogP contribution in [0.5, 0.6) is 0 Å². The van der Waals surface area contributed by atoms with Crippen molar-refractivity contribution in [1.82, 2.24) is 9.88 Å². The van der Waals surface area contributed by atoms with Crippen molar-refractivity contribution < 1.29 is 0 Å². The van der Waals surface area contributed by atoms with Gasteiger partial charge in [0.2, 0.25) is 5.96 Å². The predicted octanol–water partition coefficient (Wildman–Crippen LogP) is 14.2. The van der Waals surface area contributed by atoms with Crippen LogP contribution in [0.1, 0.15) is 5.56 Å². The Morgan fingerprint density at radius 1 is 0.483 bits per heavy atom. The fourth-order valence-corrected chi connectivity index (χ4v) is 10.9. The molecule has 1 aliphatic carbocycles. The zero-order valence-electron chi connectivity index (χ0n) is 31.3. The number of rotatable bonds is 2.